The molecular weight excluding hydrogens is 326 g/mol. The molecule has 2 rings (SSSR count). The van der Waals surface area contributed by atoms with Gasteiger partial charge in [0.05, 0.1) is 6.54 Å². The molecule has 1 aromatic heterocycles. The van der Waals surface area contributed by atoms with E-state index < -0.39 is 0 Å². The first-order valence-corrected chi connectivity index (χ1v) is 7.42. The minimum Gasteiger partial charge on any atom is -0.508 e. The van der Waals surface area contributed by atoms with Crippen molar-refractivity contribution in [3.8, 4) is 5.75 Å². The highest BCUT2D eigenvalue weighted by molar-refractivity contribution is 9.10. The lowest BCUT2D eigenvalue weighted by molar-refractivity contribution is 0.0785. The maximum absolute atomic E-state index is 12.3. The maximum Gasteiger partial charge on any atom is 0.254 e. The first-order chi connectivity index (χ1) is 8.97. The van der Waals surface area contributed by atoms with Crippen molar-refractivity contribution in [1.82, 2.24) is 4.90 Å². The van der Waals surface area contributed by atoms with Crippen molar-refractivity contribution in [2.24, 2.45) is 0 Å². The van der Waals surface area contributed by atoms with Gasteiger partial charge < -0.3 is 10.0 Å². The minimum atomic E-state index is -0.0398. The number of carbonyl (C=O) groups excluding carboxylic acids is 1. The molecule has 0 atom stereocenters. The zero-order chi connectivity index (χ0) is 14.0. The van der Waals surface area contributed by atoms with Crippen LogP contribution in [0, 0.1) is 6.92 Å². The zero-order valence-electron chi connectivity index (χ0n) is 10.7. The number of amides is 1. The summed E-state index contributed by atoms with van der Waals surface area (Å²) < 4.78 is 1.04. The van der Waals surface area contributed by atoms with Crippen molar-refractivity contribution < 1.29 is 9.90 Å². The molecule has 0 aliphatic rings. The Hall–Kier alpha value is -1.33. The average molecular weight is 340 g/mol. The minimum absolute atomic E-state index is 0.0398. The molecule has 0 fully saturated rings. The Labute approximate surface area is 124 Å². The second-order valence-electron chi connectivity index (χ2n) is 4.39. The fourth-order valence-corrected chi connectivity index (χ4v) is 3.34. The van der Waals surface area contributed by atoms with Crippen molar-refractivity contribution in [3.05, 3.63) is 50.1 Å². The largest absolute Gasteiger partial charge is 0.508 e. The number of hydrogen-bond donors (Lipinski definition) is 1. The Morgan fingerprint density at radius 1 is 1.42 bits per heavy atom. The molecule has 1 heterocycles. The number of halogens is 1. The average Bonchev–Trinajstić information content (AvgIpc) is 2.74. The molecule has 0 aliphatic carbocycles. The van der Waals surface area contributed by atoms with Gasteiger partial charge in [-0.3, -0.25) is 4.79 Å². The molecule has 2 aromatic rings. The summed E-state index contributed by atoms with van der Waals surface area (Å²) in [4.78, 5) is 15.1. The lowest BCUT2D eigenvalue weighted by atomic mass is 10.1. The van der Waals surface area contributed by atoms with E-state index in [2.05, 4.69) is 15.9 Å². The number of rotatable bonds is 3. The van der Waals surface area contributed by atoms with E-state index in [9.17, 15) is 9.90 Å². The summed E-state index contributed by atoms with van der Waals surface area (Å²) in [6.07, 6.45) is 0. The molecule has 0 saturated carbocycles. The molecule has 19 heavy (non-hydrogen) atoms. The van der Waals surface area contributed by atoms with Crippen LogP contribution in [-0.4, -0.2) is 23.0 Å². The molecule has 100 valence electrons. The van der Waals surface area contributed by atoms with E-state index in [4.69, 9.17) is 0 Å². The van der Waals surface area contributed by atoms with Crippen LogP contribution in [0.1, 0.15) is 20.8 Å². The number of phenolic OH excluding ortho intramolecular Hbond substituents is 1. The number of phenols is 1. The Bertz CT molecular complexity index is 609. The molecular formula is C14H14BrNO2S. The van der Waals surface area contributed by atoms with E-state index in [-0.39, 0.29) is 11.7 Å². The van der Waals surface area contributed by atoms with Gasteiger partial charge in [-0.05, 0) is 52.7 Å². The Morgan fingerprint density at radius 2 is 2.16 bits per heavy atom. The van der Waals surface area contributed by atoms with E-state index in [0.717, 1.165) is 14.9 Å². The van der Waals surface area contributed by atoms with Gasteiger partial charge in [0, 0.05) is 27.3 Å². The number of aryl methyl sites for hydroxylation is 1. The van der Waals surface area contributed by atoms with Gasteiger partial charge in [-0.25, -0.2) is 0 Å². The van der Waals surface area contributed by atoms with E-state index >= 15 is 0 Å². The smallest absolute Gasteiger partial charge is 0.254 e. The van der Waals surface area contributed by atoms with Gasteiger partial charge in [0.1, 0.15) is 5.75 Å². The summed E-state index contributed by atoms with van der Waals surface area (Å²) in [7, 11) is 1.78. The van der Waals surface area contributed by atoms with Crippen LogP contribution in [0.5, 0.6) is 5.75 Å². The Kier molecular flexibility index (Phi) is 4.27. The SMILES string of the molecule is Cc1cc(O)ccc1C(=O)N(C)Cc1cc(Br)cs1. The van der Waals surface area contributed by atoms with Gasteiger partial charge in [0.2, 0.25) is 0 Å². The van der Waals surface area contributed by atoms with E-state index in [1.807, 2.05) is 18.4 Å². The van der Waals surface area contributed by atoms with Gasteiger partial charge in [0.25, 0.3) is 5.91 Å². The normalized spacial score (nSPS) is 10.5. The van der Waals surface area contributed by atoms with E-state index in [1.165, 1.54) is 6.07 Å². The van der Waals surface area contributed by atoms with Crippen LogP contribution in [-0.2, 0) is 6.54 Å². The summed E-state index contributed by atoms with van der Waals surface area (Å²) in [5, 5.41) is 11.4. The molecule has 0 unspecified atom stereocenters. The van der Waals surface area contributed by atoms with Crippen LogP contribution in [0.25, 0.3) is 0 Å². The highest BCUT2D eigenvalue weighted by atomic mass is 79.9. The molecule has 3 nitrogen and oxygen atoms in total. The van der Waals surface area contributed by atoms with Gasteiger partial charge in [-0.2, -0.15) is 0 Å². The number of thiophene rings is 1. The second-order valence-corrected chi connectivity index (χ2v) is 6.30. The lowest BCUT2D eigenvalue weighted by Gasteiger charge is -2.17. The lowest BCUT2D eigenvalue weighted by Crippen LogP contribution is -2.26. The van der Waals surface area contributed by atoms with Crippen LogP contribution in [0.3, 0.4) is 0 Å². The van der Waals surface area contributed by atoms with Crippen LogP contribution in [0.4, 0.5) is 0 Å². The number of benzene rings is 1. The van der Waals surface area contributed by atoms with Crippen LogP contribution in [0.15, 0.2) is 34.1 Å². The summed E-state index contributed by atoms with van der Waals surface area (Å²) in [5.41, 5.74) is 1.40. The molecule has 5 heteroatoms. The van der Waals surface area contributed by atoms with Crippen molar-refractivity contribution >= 4 is 33.2 Å². The van der Waals surface area contributed by atoms with Crippen LogP contribution in [0.2, 0.25) is 0 Å². The number of carbonyl (C=O) groups is 1. The number of aromatic hydroxyl groups is 1. The fraction of sp³-hybridized carbons (Fsp3) is 0.214. The van der Waals surface area contributed by atoms with Crippen LogP contribution >= 0.6 is 27.3 Å². The summed E-state index contributed by atoms with van der Waals surface area (Å²) >= 11 is 5.02. The van der Waals surface area contributed by atoms with Gasteiger partial charge in [-0.1, -0.05) is 0 Å². The van der Waals surface area contributed by atoms with Crippen molar-refractivity contribution in [2.75, 3.05) is 7.05 Å². The summed E-state index contributed by atoms with van der Waals surface area (Å²) in [6, 6.07) is 6.81. The molecule has 0 radical (unpaired) electrons. The third-order valence-electron chi connectivity index (χ3n) is 2.80. The molecule has 1 amide bonds. The number of nitrogens with zero attached hydrogens (tertiary/aromatic N) is 1. The molecule has 0 aliphatic heterocycles. The molecule has 0 bridgehead atoms. The molecule has 1 aromatic carbocycles. The summed E-state index contributed by atoms with van der Waals surface area (Å²) in [5.74, 6) is 0.140. The van der Waals surface area contributed by atoms with E-state index in [1.54, 1.807) is 35.4 Å². The molecule has 0 saturated heterocycles. The first kappa shape index (κ1) is 14.1. The predicted molar refractivity (Wildman–Crippen MR) is 80.7 cm³/mol. The highest BCUT2D eigenvalue weighted by Crippen LogP contribution is 2.22. The Balaban J connectivity index is 2.14. The molecule has 1 N–H and O–H groups in total. The van der Waals surface area contributed by atoms with Gasteiger partial charge in [-0.15, -0.1) is 11.3 Å². The maximum atomic E-state index is 12.3. The number of hydrogen-bond acceptors (Lipinski definition) is 3. The van der Waals surface area contributed by atoms with Crippen molar-refractivity contribution in [2.45, 2.75) is 13.5 Å². The fourth-order valence-electron chi connectivity index (χ4n) is 1.84. The van der Waals surface area contributed by atoms with Crippen LogP contribution < -0.4 is 0 Å². The van der Waals surface area contributed by atoms with E-state index in [0.29, 0.717) is 12.1 Å². The molecule has 0 spiro atoms. The predicted octanol–water partition coefficient (Wildman–Crippen LogP) is 3.80. The van der Waals surface area contributed by atoms with Gasteiger partial charge in [0.15, 0.2) is 0 Å². The quantitative estimate of drug-likeness (QED) is 0.923. The zero-order valence-corrected chi connectivity index (χ0v) is 13.1. The topological polar surface area (TPSA) is 40.5 Å². The van der Waals surface area contributed by atoms with Gasteiger partial charge >= 0.3 is 0 Å². The second kappa shape index (κ2) is 5.75. The monoisotopic (exact) mass is 339 g/mol. The standard InChI is InChI=1S/C14H14BrNO2S/c1-9-5-11(17)3-4-13(9)14(18)16(2)7-12-6-10(15)8-19-12/h3-6,8,17H,7H2,1-2H3. The third kappa shape index (κ3) is 3.36. The first-order valence-electron chi connectivity index (χ1n) is 5.75. The van der Waals surface area contributed by atoms with Crippen molar-refractivity contribution in [1.29, 1.82) is 0 Å². The summed E-state index contributed by atoms with van der Waals surface area (Å²) in [6.45, 7) is 2.40. The highest BCUT2D eigenvalue weighted by Gasteiger charge is 2.15. The van der Waals surface area contributed by atoms with Crippen molar-refractivity contribution in [3.63, 3.8) is 0 Å². The Morgan fingerprint density at radius 3 is 2.74 bits per heavy atom. The third-order valence-corrected chi connectivity index (χ3v) is 4.48.